The Morgan fingerprint density at radius 1 is 1.30 bits per heavy atom. The molecule has 0 aliphatic carbocycles. The first-order valence-electron chi connectivity index (χ1n) is 7.06. The fraction of sp³-hybridized carbons (Fsp3) is 0.312. The molecule has 2 N–H and O–H groups in total. The standard InChI is InChI=1S/C16H18N2O4S/c1-9(18-16(21)15-10(2)17-11(3)23-15)12-4-6-13(7-5-12)22-8-14(19)20/h4-7,9H,8H2,1-3H3,(H,18,21)(H,19,20). The molecule has 122 valence electrons. The van der Waals surface area contributed by atoms with Crippen LogP contribution >= 0.6 is 11.3 Å². The number of nitrogens with one attached hydrogen (secondary N) is 1. The van der Waals surface area contributed by atoms with Gasteiger partial charge in [-0.2, -0.15) is 0 Å². The van der Waals surface area contributed by atoms with Gasteiger partial charge in [0, 0.05) is 0 Å². The third-order valence-corrected chi connectivity index (χ3v) is 4.27. The molecular formula is C16H18N2O4S. The summed E-state index contributed by atoms with van der Waals surface area (Å²) >= 11 is 1.37. The number of ether oxygens (including phenoxy) is 1. The van der Waals surface area contributed by atoms with Crippen molar-refractivity contribution in [2.24, 2.45) is 0 Å². The van der Waals surface area contributed by atoms with E-state index in [0.717, 1.165) is 16.3 Å². The summed E-state index contributed by atoms with van der Waals surface area (Å²) < 4.78 is 5.08. The van der Waals surface area contributed by atoms with Crippen molar-refractivity contribution < 1.29 is 19.4 Å². The number of amides is 1. The van der Waals surface area contributed by atoms with Crippen LogP contribution in [0.15, 0.2) is 24.3 Å². The molecule has 2 rings (SSSR count). The van der Waals surface area contributed by atoms with Crippen LogP contribution in [-0.2, 0) is 4.79 Å². The second-order valence-electron chi connectivity index (χ2n) is 5.09. The van der Waals surface area contributed by atoms with E-state index in [-0.39, 0.29) is 18.6 Å². The number of carboxylic acid groups (broad SMARTS) is 1. The second-order valence-corrected chi connectivity index (χ2v) is 6.30. The minimum atomic E-state index is -1.02. The number of benzene rings is 1. The molecule has 23 heavy (non-hydrogen) atoms. The molecular weight excluding hydrogens is 316 g/mol. The molecule has 0 spiro atoms. The summed E-state index contributed by atoms with van der Waals surface area (Å²) in [5.74, 6) is -0.694. The van der Waals surface area contributed by atoms with E-state index < -0.39 is 5.97 Å². The van der Waals surface area contributed by atoms with Gasteiger partial charge >= 0.3 is 5.97 Å². The number of nitrogens with zero attached hydrogens (tertiary/aromatic N) is 1. The number of carboxylic acids is 1. The minimum Gasteiger partial charge on any atom is -0.482 e. The molecule has 7 heteroatoms. The summed E-state index contributed by atoms with van der Waals surface area (Å²) in [6.07, 6.45) is 0. The predicted octanol–water partition coefficient (Wildman–Crippen LogP) is 2.71. The van der Waals surface area contributed by atoms with Gasteiger partial charge in [0.1, 0.15) is 10.6 Å². The summed E-state index contributed by atoms with van der Waals surface area (Å²) in [6, 6.07) is 6.78. The van der Waals surface area contributed by atoms with Crippen LogP contribution in [0.25, 0.3) is 0 Å². The van der Waals surface area contributed by atoms with Gasteiger partial charge in [0.25, 0.3) is 5.91 Å². The average molecular weight is 334 g/mol. The highest BCUT2D eigenvalue weighted by atomic mass is 32.1. The van der Waals surface area contributed by atoms with Gasteiger partial charge in [0.05, 0.1) is 16.7 Å². The van der Waals surface area contributed by atoms with Crippen LogP contribution in [-0.4, -0.2) is 28.6 Å². The topological polar surface area (TPSA) is 88.5 Å². The molecule has 1 aromatic heterocycles. The van der Waals surface area contributed by atoms with Gasteiger partial charge in [0.2, 0.25) is 0 Å². The van der Waals surface area contributed by atoms with Gasteiger partial charge in [-0.1, -0.05) is 12.1 Å². The van der Waals surface area contributed by atoms with Crippen molar-refractivity contribution in [3.05, 3.63) is 45.4 Å². The Balaban J connectivity index is 2.00. The summed E-state index contributed by atoms with van der Waals surface area (Å²) in [7, 11) is 0. The van der Waals surface area contributed by atoms with E-state index in [1.165, 1.54) is 11.3 Å². The highest BCUT2D eigenvalue weighted by Gasteiger charge is 2.16. The Kier molecular flexibility index (Phi) is 5.33. The number of aryl methyl sites for hydroxylation is 2. The number of hydrogen-bond donors (Lipinski definition) is 2. The highest BCUT2D eigenvalue weighted by Crippen LogP contribution is 2.21. The molecule has 1 atom stereocenters. The number of carbonyl (C=O) groups is 2. The minimum absolute atomic E-state index is 0.146. The Morgan fingerprint density at radius 3 is 2.48 bits per heavy atom. The first-order chi connectivity index (χ1) is 10.9. The van der Waals surface area contributed by atoms with Gasteiger partial charge in [-0.25, -0.2) is 9.78 Å². The second kappa shape index (κ2) is 7.23. The van der Waals surface area contributed by atoms with Gasteiger partial charge in [0.15, 0.2) is 6.61 Å². The Labute approximate surface area is 138 Å². The summed E-state index contributed by atoms with van der Waals surface area (Å²) in [6.45, 7) is 5.19. The third kappa shape index (κ3) is 4.53. The van der Waals surface area contributed by atoms with Gasteiger partial charge in [-0.05, 0) is 38.5 Å². The Hall–Kier alpha value is -2.41. The Morgan fingerprint density at radius 2 is 1.96 bits per heavy atom. The fourth-order valence-corrected chi connectivity index (χ4v) is 2.91. The normalized spacial score (nSPS) is 11.8. The van der Waals surface area contributed by atoms with Crippen LogP contribution in [0.4, 0.5) is 0 Å². The van der Waals surface area contributed by atoms with Crippen molar-refractivity contribution in [1.29, 1.82) is 0 Å². The lowest BCUT2D eigenvalue weighted by atomic mass is 10.1. The molecule has 1 amide bonds. The largest absolute Gasteiger partial charge is 0.482 e. The molecule has 6 nitrogen and oxygen atoms in total. The number of thiazole rings is 1. The van der Waals surface area contributed by atoms with E-state index in [4.69, 9.17) is 9.84 Å². The first kappa shape index (κ1) is 17.0. The molecule has 0 aliphatic rings. The summed E-state index contributed by atoms with van der Waals surface area (Å²) in [4.78, 5) is 27.6. The number of aromatic nitrogens is 1. The lowest BCUT2D eigenvalue weighted by Gasteiger charge is -2.14. The number of hydrogen-bond acceptors (Lipinski definition) is 5. The van der Waals surface area contributed by atoms with Gasteiger partial charge in [-0.3, -0.25) is 4.79 Å². The van der Waals surface area contributed by atoms with Crippen LogP contribution in [0.3, 0.4) is 0 Å². The SMILES string of the molecule is Cc1nc(C)c(C(=O)NC(C)c2ccc(OCC(=O)O)cc2)s1. The maximum absolute atomic E-state index is 12.3. The zero-order chi connectivity index (χ0) is 17.0. The molecule has 0 aliphatic heterocycles. The van der Waals surface area contributed by atoms with Crippen LogP contribution in [0, 0.1) is 13.8 Å². The van der Waals surface area contributed by atoms with Crippen molar-refractivity contribution in [2.45, 2.75) is 26.8 Å². The van der Waals surface area contributed by atoms with Crippen molar-refractivity contribution in [2.75, 3.05) is 6.61 Å². The third-order valence-electron chi connectivity index (χ3n) is 3.20. The number of carbonyl (C=O) groups excluding carboxylic acids is 1. The van der Waals surface area contributed by atoms with Crippen LogP contribution in [0.2, 0.25) is 0 Å². The van der Waals surface area contributed by atoms with E-state index in [2.05, 4.69) is 10.3 Å². The summed E-state index contributed by atoms with van der Waals surface area (Å²) in [5, 5.41) is 12.4. The molecule has 0 radical (unpaired) electrons. The first-order valence-corrected chi connectivity index (χ1v) is 7.88. The highest BCUT2D eigenvalue weighted by molar-refractivity contribution is 7.13. The number of aliphatic carboxylic acids is 1. The van der Waals surface area contributed by atoms with E-state index in [0.29, 0.717) is 10.6 Å². The molecule has 0 saturated heterocycles. The van der Waals surface area contributed by atoms with Crippen molar-refractivity contribution in [3.8, 4) is 5.75 Å². The van der Waals surface area contributed by atoms with Gasteiger partial charge in [-0.15, -0.1) is 11.3 Å². The molecule has 0 fully saturated rings. The smallest absolute Gasteiger partial charge is 0.341 e. The fourth-order valence-electron chi connectivity index (χ4n) is 2.09. The van der Waals surface area contributed by atoms with E-state index >= 15 is 0 Å². The maximum Gasteiger partial charge on any atom is 0.341 e. The predicted molar refractivity (Wildman–Crippen MR) is 87.0 cm³/mol. The number of rotatable bonds is 6. The molecule has 1 heterocycles. The monoisotopic (exact) mass is 334 g/mol. The van der Waals surface area contributed by atoms with Crippen molar-refractivity contribution in [3.63, 3.8) is 0 Å². The molecule has 1 aromatic carbocycles. The zero-order valence-electron chi connectivity index (χ0n) is 13.1. The average Bonchev–Trinajstić information content (AvgIpc) is 2.84. The molecule has 1 unspecified atom stereocenters. The van der Waals surface area contributed by atoms with Crippen LogP contribution < -0.4 is 10.1 Å². The summed E-state index contributed by atoms with van der Waals surface area (Å²) in [5.41, 5.74) is 1.63. The van der Waals surface area contributed by atoms with E-state index in [1.807, 2.05) is 20.8 Å². The van der Waals surface area contributed by atoms with E-state index in [9.17, 15) is 9.59 Å². The lowest BCUT2D eigenvalue weighted by Crippen LogP contribution is -2.26. The van der Waals surface area contributed by atoms with Crippen LogP contribution in [0.5, 0.6) is 5.75 Å². The maximum atomic E-state index is 12.3. The molecule has 0 bridgehead atoms. The van der Waals surface area contributed by atoms with Gasteiger partial charge < -0.3 is 15.2 Å². The van der Waals surface area contributed by atoms with Crippen molar-refractivity contribution in [1.82, 2.24) is 10.3 Å². The molecule has 2 aromatic rings. The molecule has 0 saturated carbocycles. The zero-order valence-corrected chi connectivity index (χ0v) is 13.9. The quantitative estimate of drug-likeness (QED) is 0.848. The van der Waals surface area contributed by atoms with E-state index in [1.54, 1.807) is 24.3 Å². The van der Waals surface area contributed by atoms with Crippen LogP contribution in [0.1, 0.15) is 38.9 Å². The lowest BCUT2D eigenvalue weighted by molar-refractivity contribution is -0.139. The Bertz CT molecular complexity index is 709. The van der Waals surface area contributed by atoms with Crippen molar-refractivity contribution >= 4 is 23.2 Å².